The van der Waals surface area contributed by atoms with E-state index in [0.29, 0.717) is 39.7 Å². The number of Topliss-reactive ketones (excluding diaryl/α,β-unsaturated/α-hetero) is 1. The number of anilines is 1. The van der Waals surface area contributed by atoms with Crippen LogP contribution in [-0.4, -0.2) is 32.4 Å². The van der Waals surface area contributed by atoms with Gasteiger partial charge in [-0.05, 0) is 25.1 Å². The van der Waals surface area contributed by atoms with E-state index < -0.39 is 11.7 Å². The molecule has 0 unspecified atom stereocenters. The molecule has 2 amide bonds. The number of H-pyrrole nitrogens is 1. The predicted molar refractivity (Wildman–Crippen MR) is 124 cm³/mol. The van der Waals surface area contributed by atoms with Crippen LogP contribution in [0.25, 0.3) is 10.9 Å². The van der Waals surface area contributed by atoms with E-state index in [1.165, 1.54) is 10.9 Å². The molecule has 10 heteroatoms. The summed E-state index contributed by atoms with van der Waals surface area (Å²) in [7, 11) is 0. The van der Waals surface area contributed by atoms with Crippen LogP contribution in [0.5, 0.6) is 0 Å². The number of thioether (sulfide) groups is 1. The van der Waals surface area contributed by atoms with Crippen LogP contribution in [0.15, 0.2) is 47.1 Å². The largest absolute Gasteiger partial charge is 0.467 e. The molecule has 4 aromatic rings. The summed E-state index contributed by atoms with van der Waals surface area (Å²) in [4.78, 5) is 41.7. The van der Waals surface area contributed by atoms with Crippen LogP contribution in [0.4, 0.5) is 5.82 Å². The zero-order valence-electron chi connectivity index (χ0n) is 17.8. The summed E-state index contributed by atoms with van der Waals surface area (Å²) in [6, 6.07) is 10.9. The maximum atomic E-state index is 13.1. The van der Waals surface area contributed by atoms with Crippen LogP contribution >= 0.6 is 11.8 Å². The summed E-state index contributed by atoms with van der Waals surface area (Å²) in [6.07, 6.45) is 1.54. The lowest BCUT2D eigenvalue weighted by molar-refractivity contribution is -0.122. The lowest BCUT2D eigenvalue weighted by Gasteiger charge is -2.11. The molecular formula is C23H21N5O4S. The molecule has 0 saturated carbocycles. The maximum absolute atomic E-state index is 13.1. The molecule has 9 nitrogen and oxygen atoms in total. The van der Waals surface area contributed by atoms with Gasteiger partial charge in [0.1, 0.15) is 18.1 Å². The molecule has 0 radical (unpaired) electrons. The number of hydrogen-bond acceptors (Lipinski definition) is 6. The van der Waals surface area contributed by atoms with Crippen LogP contribution in [0.1, 0.15) is 33.1 Å². The zero-order chi connectivity index (χ0) is 22.9. The number of aromatic nitrogens is 3. The number of ketones is 1. The third-order valence-corrected chi connectivity index (χ3v) is 6.48. The molecule has 1 aliphatic heterocycles. The number of fused-ring (bicyclic) bond motifs is 2. The third-order valence-electron chi connectivity index (χ3n) is 5.51. The average molecular weight is 464 g/mol. The molecule has 0 bridgehead atoms. The van der Waals surface area contributed by atoms with Gasteiger partial charge in [0, 0.05) is 33.7 Å². The molecule has 0 aliphatic carbocycles. The molecule has 168 valence electrons. The van der Waals surface area contributed by atoms with Gasteiger partial charge in [0.15, 0.2) is 0 Å². The Labute approximate surface area is 192 Å². The smallest absolute Gasteiger partial charge is 0.298 e. The van der Waals surface area contributed by atoms with Crippen LogP contribution in [0, 0.1) is 6.92 Å². The highest BCUT2D eigenvalue weighted by Gasteiger charge is 2.28. The molecule has 0 saturated heterocycles. The monoisotopic (exact) mass is 463 g/mol. The fraction of sp³-hybridized carbons (Fsp3) is 0.217. The van der Waals surface area contributed by atoms with Gasteiger partial charge in [-0.2, -0.15) is 16.9 Å². The fourth-order valence-electron chi connectivity index (χ4n) is 3.96. The molecule has 0 spiro atoms. The molecule has 3 N–H and O–H groups in total. The SMILES string of the molecule is Cc1[nH]c2ccccc2c1C(=O)C(=O)Nc1c2c(nn1CC(=O)NCc1ccco1)CSC2. The van der Waals surface area contributed by atoms with E-state index >= 15 is 0 Å². The third kappa shape index (κ3) is 4.05. The highest BCUT2D eigenvalue weighted by molar-refractivity contribution is 7.98. The van der Waals surface area contributed by atoms with Gasteiger partial charge >= 0.3 is 0 Å². The lowest BCUT2D eigenvalue weighted by atomic mass is 10.1. The van der Waals surface area contributed by atoms with Gasteiger partial charge in [0.05, 0.1) is 24.1 Å². The van der Waals surface area contributed by atoms with Crippen LogP contribution in [0.3, 0.4) is 0 Å². The molecule has 3 aromatic heterocycles. The number of furan rings is 1. The van der Waals surface area contributed by atoms with Gasteiger partial charge in [-0.15, -0.1) is 0 Å². The Balaban J connectivity index is 1.36. The zero-order valence-corrected chi connectivity index (χ0v) is 18.6. The van der Waals surface area contributed by atoms with Crippen LogP contribution in [0.2, 0.25) is 0 Å². The minimum absolute atomic E-state index is 0.0890. The first-order valence-electron chi connectivity index (χ1n) is 10.4. The molecule has 33 heavy (non-hydrogen) atoms. The van der Waals surface area contributed by atoms with Gasteiger partial charge in [-0.25, -0.2) is 4.68 Å². The van der Waals surface area contributed by atoms with Crippen molar-refractivity contribution in [2.75, 3.05) is 5.32 Å². The van der Waals surface area contributed by atoms with Gasteiger partial charge in [-0.3, -0.25) is 14.4 Å². The number of rotatable bonds is 7. The number of hydrogen-bond donors (Lipinski definition) is 3. The van der Waals surface area contributed by atoms with E-state index in [0.717, 1.165) is 16.8 Å². The Morgan fingerprint density at radius 1 is 1.18 bits per heavy atom. The normalized spacial score (nSPS) is 12.6. The predicted octanol–water partition coefficient (Wildman–Crippen LogP) is 3.15. The quantitative estimate of drug-likeness (QED) is 0.286. The summed E-state index contributed by atoms with van der Waals surface area (Å²) in [5.41, 5.74) is 3.42. The number of para-hydroxylation sites is 1. The van der Waals surface area contributed by atoms with Gasteiger partial charge in [0.25, 0.3) is 11.7 Å². The minimum Gasteiger partial charge on any atom is -0.467 e. The van der Waals surface area contributed by atoms with Crippen molar-refractivity contribution in [2.24, 2.45) is 0 Å². The number of carbonyl (C=O) groups excluding carboxylic acids is 3. The van der Waals surface area contributed by atoms with E-state index in [2.05, 4.69) is 20.7 Å². The number of aryl methyl sites for hydroxylation is 1. The molecule has 1 aromatic carbocycles. The van der Waals surface area contributed by atoms with Crippen molar-refractivity contribution >= 4 is 46.1 Å². The highest BCUT2D eigenvalue weighted by atomic mass is 32.2. The number of amides is 2. The average Bonchev–Trinajstić information content (AvgIpc) is 3.57. The van der Waals surface area contributed by atoms with Crippen molar-refractivity contribution in [1.29, 1.82) is 0 Å². The van der Waals surface area contributed by atoms with Crippen molar-refractivity contribution in [3.05, 3.63) is 70.9 Å². The van der Waals surface area contributed by atoms with E-state index in [1.807, 2.05) is 18.2 Å². The van der Waals surface area contributed by atoms with E-state index in [4.69, 9.17) is 4.42 Å². The molecule has 1 aliphatic rings. The van der Waals surface area contributed by atoms with Crippen molar-refractivity contribution in [1.82, 2.24) is 20.1 Å². The number of benzene rings is 1. The summed E-state index contributed by atoms with van der Waals surface area (Å²) in [6.45, 7) is 1.93. The Morgan fingerprint density at radius 2 is 2.03 bits per heavy atom. The minimum atomic E-state index is -0.764. The molecule has 5 rings (SSSR count). The number of nitrogens with zero attached hydrogens (tertiary/aromatic N) is 2. The van der Waals surface area contributed by atoms with Gasteiger partial charge in [-0.1, -0.05) is 18.2 Å². The summed E-state index contributed by atoms with van der Waals surface area (Å²) < 4.78 is 6.68. The van der Waals surface area contributed by atoms with Gasteiger partial charge < -0.3 is 20.0 Å². The standard InChI is InChI=1S/C23H21N5O4S/c1-13-20(15-6-2-3-7-17(15)25-13)21(30)23(31)26-22-16-11-33-12-18(16)27-28(22)10-19(29)24-9-14-5-4-8-32-14/h2-8,25H,9-12H2,1H3,(H,24,29)(H,26,31). The fourth-order valence-corrected chi connectivity index (χ4v) is 4.99. The topological polar surface area (TPSA) is 122 Å². The number of aromatic amines is 1. The van der Waals surface area contributed by atoms with Crippen molar-refractivity contribution in [2.45, 2.75) is 31.5 Å². The second-order valence-electron chi connectivity index (χ2n) is 7.73. The second-order valence-corrected chi connectivity index (χ2v) is 8.72. The van der Waals surface area contributed by atoms with Crippen molar-refractivity contribution in [3.63, 3.8) is 0 Å². The van der Waals surface area contributed by atoms with Crippen molar-refractivity contribution in [3.8, 4) is 0 Å². The van der Waals surface area contributed by atoms with Crippen molar-refractivity contribution < 1.29 is 18.8 Å². The lowest BCUT2D eigenvalue weighted by Crippen LogP contribution is -2.30. The molecule has 4 heterocycles. The summed E-state index contributed by atoms with van der Waals surface area (Å²) in [5, 5.41) is 10.7. The Hall–Kier alpha value is -3.79. The molecule has 0 atom stereocenters. The molecular weight excluding hydrogens is 442 g/mol. The summed E-state index contributed by atoms with van der Waals surface area (Å²) in [5.74, 6) is 0.678. The van der Waals surface area contributed by atoms with E-state index in [1.54, 1.807) is 36.9 Å². The molecule has 0 fully saturated rings. The number of nitrogens with one attached hydrogen (secondary N) is 3. The maximum Gasteiger partial charge on any atom is 0.298 e. The Bertz CT molecular complexity index is 1370. The van der Waals surface area contributed by atoms with Crippen LogP contribution in [-0.2, 0) is 34.2 Å². The second kappa shape index (κ2) is 8.62. The number of carbonyl (C=O) groups is 3. The van der Waals surface area contributed by atoms with Gasteiger partial charge in [0.2, 0.25) is 5.91 Å². The Morgan fingerprint density at radius 3 is 2.85 bits per heavy atom. The van der Waals surface area contributed by atoms with Crippen LogP contribution < -0.4 is 10.6 Å². The first kappa shape index (κ1) is 21.1. The Kier molecular flexibility index (Phi) is 5.51. The first-order chi connectivity index (χ1) is 16.0. The highest BCUT2D eigenvalue weighted by Crippen LogP contribution is 2.35. The van der Waals surface area contributed by atoms with E-state index in [-0.39, 0.29) is 19.0 Å². The summed E-state index contributed by atoms with van der Waals surface area (Å²) >= 11 is 1.67. The van der Waals surface area contributed by atoms with E-state index in [9.17, 15) is 14.4 Å². The first-order valence-corrected chi connectivity index (χ1v) is 11.5.